The number of hydrogen-bond donors (Lipinski definition) is 0. The molecule has 2 aliphatic rings. The van der Waals surface area contributed by atoms with E-state index in [2.05, 4.69) is 82.6 Å². The van der Waals surface area contributed by atoms with Gasteiger partial charge in [-0.25, -0.2) is 0 Å². The second-order valence-electron chi connectivity index (χ2n) is 10.0. The summed E-state index contributed by atoms with van der Waals surface area (Å²) in [5.74, 6) is 0.771. The van der Waals surface area contributed by atoms with Crippen LogP contribution in [0, 0.1) is 11.8 Å². The van der Waals surface area contributed by atoms with Crippen molar-refractivity contribution in [3.05, 3.63) is 102 Å². The molecule has 5 rings (SSSR count). The molecule has 0 aromatic heterocycles. The Hall–Kier alpha value is -2.78. The van der Waals surface area contributed by atoms with E-state index < -0.39 is 0 Å². The number of amides is 1. The van der Waals surface area contributed by atoms with Gasteiger partial charge in [-0.2, -0.15) is 0 Å². The highest BCUT2D eigenvalue weighted by Crippen LogP contribution is 2.54. The third kappa shape index (κ3) is 4.01. The molecule has 3 aromatic carbocycles. The SMILES string of the molecule is CN(C)c1ccccc1CC(=O)N1C[C@H]2[C@@H](C1)C(c1ccccc1)(c1ccccc1)CC[C@@H]2Cl. The Bertz CT molecular complexity index is 1090. The van der Waals surface area contributed by atoms with E-state index in [4.69, 9.17) is 11.6 Å². The molecule has 1 aliphatic carbocycles. The van der Waals surface area contributed by atoms with Crippen LogP contribution in [0.1, 0.15) is 29.5 Å². The molecule has 4 heteroatoms. The number of rotatable bonds is 5. The van der Waals surface area contributed by atoms with E-state index >= 15 is 0 Å². The Morgan fingerprint density at radius 1 is 0.912 bits per heavy atom. The van der Waals surface area contributed by atoms with Crippen molar-refractivity contribution < 1.29 is 4.79 Å². The van der Waals surface area contributed by atoms with Crippen molar-refractivity contribution in [3.8, 4) is 0 Å². The number of carbonyl (C=O) groups excluding carboxylic acids is 1. The van der Waals surface area contributed by atoms with E-state index in [9.17, 15) is 4.79 Å². The van der Waals surface area contributed by atoms with E-state index in [1.165, 1.54) is 11.1 Å². The predicted molar refractivity (Wildman–Crippen MR) is 141 cm³/mol. The molecule has 3 nitrogen and oxygen atoms in total. The van der Waals surface area contributed by atoms with Crippen molar-refractivity contribution in [1.29, 1.82) is 0 Å². The van der Waals surface area contributed by atoms with Gasteiger partial charge in [0, 0.05) is 43.7 Å². The molecule has 1 saturated heterocycles. The maximum Gasteiger partial charge on any atom is 0.227 e. The fourth-order valence-electron chi connectivity index (χ4n) is 6.41. The topological polar surface area (TPSA) is 23.6 Å². The number of fused-ring (bicyclic) bond motifs is 1. The fraction of sp³-hybridized carbons (Fsp3) is 0.367. The predicted octanol–water partition coefficient (Wildman–Crippen LogP) is 5.76. The monoisotopic (exact) mass is 472 g/mol. The Kier molecular flexibility index (Phi) is 6.40. The van der Waals surface area contributed by atoms with Gasteiger partial charge in [0.2, 0.25) is 5.91 Å². The summed E-state index contributed by atoms with van der Waals surface area (Å²) in [6, 6.07) is 29.9. The molecule has 0 spiro atoms. The lowest BCUT2D eigenvalue weighted by Gasteiger charge is -2.48. The first-order valence-corrected chi connectivity index (χ1v) is 12.7. The lowest BCUT2D eigenvalue weighted by atomic mass is 9.56. The van der Waals surface area contributed by atoms with Gasteiger partial charge in [-0.1, -0.05) is 78.9 Å². The Labute approximate surface area is 208 Å². The smallest absolute Gasteiger partial charge is 0.227 e. The molecule has 1 aliphatic heterocycles. The van der Waals surface area contributed by atoms with Crippen LogP contribution in [0.5, 0.6) is 0 Å². The summed E-state index contributed by atoms with van der Waals surface area (Å²) in [6.45, 7) is 1.49. The molecular weight excluding hydrogens is 440 g/mol. The van der Waals surface area contributed by atoms with Crippen LogP contribution in [0.15, 0.2) is 84.9 Å². The van der Waals surface area contributed by atoms with Crippen molar-refractivity contribution >= 4 is 23.2 Å². The first-order chi connectivity index (χ1) is 16.5. The molecule has 1 saturated carbocycles. The number of likely N-dealkylation sites (tertiary alicyclic amines) is 1. The molecule has 2 fully saturated rings. The molecule has 0 bridgehead atoms. The van der Waals surface area contributed by atoms with Gasteiger partial charge in [-0.15, -0.1) is 11.6 Å². The minimum Gasteiger partial charge on any atom is -0.377 e. The first-order valence-electron chi connectivity index (χ1n) is 12.3. The number of anilines is 1. The van der Waals surface area contributed by atoms with Gasteiger partial charge < -0.3 is 9.80 Å². The zero-order valence-corrected chi connectivity index (χ0v) is 20.8. The van der Waals surface area contributed by atoms with Crippen LogP contribution in [0.2, 0.25) is 0 Å². The van der Waals surface area contributed by atoms with Gasteiger partial charge in [0.1, 0.15) is 0 Å². The average molecular weight is 473 g/mol. The van der Waals surface area contributed by atoms with Gasteiger partial charge in [-0.3, -0.25) is 4.79 Å². The van der Waals surface area contributed by atoms with Crippen LogP contribution in [0.25, 0.3) is 0 Å². The summed E-state index contributed by atoms with van der Waals surface area (Å²) in [6.07, 6.45) is 2.38. The van der Waals surface area contributed by atoms with Crippen LogP contribution < -0.4 is 4.90 Å². The number of hydrogen-bond acceptors (Lipinski definition) is 2. The second kappa shape index (κ2) is 9.46. The summed E-state index contributed by atoms with van der Waals surface area (Å²) in [5, 5.41) is 0.0948. The molecule has 3 aromatic rings. The summed E-state index contributed by atoms with van der Waals surface area (Å²) < 4.78 is 0. The minimum absolute atomic E-state index is 0.0948. The van der Waals surface area contributed by atoms with Crippen LogP contribution >= 0.6 is 11.6 Å². The van der Waals surface area contributed by atoms with Crippen molar-refractivity contribution in [3.63, 3.8) is 0 Å². The Morgan fingerprint density at radius 3 is 2.12 bits per heavy atom. The van der Waals surface area contributed by atoms with Crippen LogP contribution in [0.4, 0.5) is 5.69 Å². The van der Waals surface area contributed by atoms with Gasteiger partial charge >= 0.3 is 0 Å². The molecule has 0 radical (unpaired) electrons. The zero-order chi connectivity index (χ0) is 23.7. The summed E-state index contributed by atoms with van der Waals surface area (Å²) in [4.78, 5) is 17.8. The van der Waals surface area contributed by atoms with E-state index in [0.29, 0.717) is 12.3 Å². The van der Waals surface area contributed by atoms with E-state index in [0.717, 1.165) is 37.2 Å². The molecule has 1 heterocycles. The number of benzene rings is 3. The molecule has 0 N–H and O–H groups in total. The quantitative estimate of drug-likeness (QED) is 0.441. The van der Waals surface area contributed by atoms with E-state index in [1.54, 1.807) is 0 Å². The van der Waals surface area contributed by atoms with Gasteiger partial charge in [-0.05, 0) is 47.4 Å². The number of alkyl halides is 1. The lowest BCUT2D eigenvalue weighted by molar-refractivity contribution is -0.129. The number of para-hydroxylation sites is 1. The number of carbonyl (C=O) groups is 1. The second-order valence-corrected chi connectivity index (χ2v) is 10.6. The minimum atomic E-state index is -0.130. The van der Waals surface area contributed by atoms with Crippen molar-refractivity contribution in [2.75, 3.05) is 32.1 Å². The maximum atomic E-state index is 13.6. The van der Waals surface area contributed by atoms with Crippen molar-refractivity contribution in [2.24, 2.45) is 11.8 Å². The third-order valence-corrected chi connectivity index (χ3v) is 8.56. The average Bonchev–Trinajstić information content (AvgIpc) is 3.33. The number of nitrogens with zero attached hydrogens (tertiary/aromatic N) is 2. The highest BCUT2D eigenvalue weighted by Gasteiger charge is 2.54. The van der Waals surface area contributed by atoms with Crippen LogP contribution in [-0.4, -0.2) is 43.4 Å². The highest BCUT2D eigenvalue weighted by molar-refractivity contribution is 6.21. The van der Waals surface area contributed by atoms with Crippen LogP contribution in [0.3, 0.4) is 0 Å². The van der Waals surface area contributed by atoms with Gasteiger partial charge in [0.15, 0.2) is 0 Å². The molecule has 1 amide bonds. The maximum absolute atomic E-state index is 13.6. The molecule has 34 heavy (non-hydrogen) atoms. The summed E-state index contributed by atoms with van der Waals surface area (Å²) >= 11 is 6.97. The van der Waals surface area contributed by atoms with E-state index in [-0.39, 0.29) is 22.6 Å². The molecular formula is C30H33ClN2O. The molecule has 0 unspecified atom stereocenters. The fourth-order valence-corrected chi connectivity index (χ4v) is 6.78. The highest BCUT2D eigenvalue weighted by atomic mass is 35.5. The van der Waals surface area contributed by atoms with Gasteiger partial charge in [0.05, 0.1) is 6.42 Å². The van der Waals surface area contributed by atoms with Gasteiger partial charge in [0.25, 0.3) is 0 Å². The molecule has 3 atom stereocenters. The van der Waals surface area contributed by atoms with Crippen molar-refractivity contribution in [2.45, 2.75) is 30.1 Å². The molecule has 176 valence electrons. The number of halogens is 1. The Balaban J connectivity index is 1.49. The summed E-state index contributed by atoms with van der Waals surface area (Å²) in [5.41, 5.74) is 4.73. The zero-order valence-electron chi connectivity index (χ0n) is 20.0. The lowest BCUT2D eigenvalue weighted by Crippen LogP contribution is -2.47. The Morgan fingerprint density at radius 2 is 1.50 bits per heavy atom. The summed E-state index contributed by atoms with van der Waals surface area (Å²) in [7, 11) is 4.06. The first kappa shape index (κ1) is 23.0. The van der Waals surface area contributed by atoms with Crippen LogP contribution in [-0.2, 0) is 16.6 Å². The van der Waals surface area contributed by atoms with E-state index in [1.807, 2.05) is 26.2 Å². The third-order valence-electron chi connectivity index (χ3n) is 8.02. The normalized spacial score (nSPS) is 23.4. The van der Waals surface area contributed by atoms with Crippen molar-refractivity contribution in [1.82, 2.24) is 4.90 Å². The largest absolute Gasteiger partial charge is 0.377 e. The standard InChI is InChI=1S/C30H33ClN2O/c1-32(2)28-16-10-9-11-22(28)19-29(34)33-20-25-26(21-33)30(18-17-27(25)31,23-12-5-3-6-13-23)24-14-7-4-8-15-24/h3-16,25-27H,17-21H2,1-2H3/t25-,26+,27-/m0/s1.